The van der Waals surface area contributed by atoms with Crippen molar-refractivity contribution < 1.29 is 13.2 Å². The number of hydrogen-bond donors (Lipinski definition) is 1. The first kappa shape index (κ1) is 14.0. The molecule has 2 aromatic carbocycles. The van der Waals surface area contributed by atoms with Gasteiger partial charge in [0.05, 0.1) is 0 Å². The molecule has 0 bridgehead atoms. The second-order valence-corrected chi connectivity index (χ2v) is 5.11. The lowest BCUT2D eigenvalue weighted by Gasteiger charge is -2.12. The molecule has 2 N–H and O–H groups in total. The molecule has 2 aromatic rings. The molecule has 0 spiro atoms. The van der Waals surface area contributed by atoms with E-state index in [1.54, 1.807) is 12.1 Å². The average Bonchev–Trinajstić information content (AvgIpc) is 2.38. The Morgan fingerprint density at radius 2 is 1.58 bits per heavy atom. The molecule has 2 rings (SSSR count). The fourth-order valence-electron chi connectivity index (χ4n) is 1.58. The summed E-state index contributed by atoms with van der Waals surface area (Å²) in [7, 11) is 0. The van der Waals surface area contributed by atoms with Gasteiger partial charge in [0.15, 0.2) is 0 Å². The molecular weight excluding hydrogens is 271 g/mol. The summed E-state index contributed by atoms with van der Waals surface area (Å²) < 4.78 is 38.9. The van der Waals surface area contributed by atoms with Crippen molar-refractivity contribution in [3.63, 3.8) is 0 Å². The highest BCUT2D eigenvalue weighted by Gasteiger charge is 2.10. The first-order valence-electron chi connectivity index (χ1n) is 5.65. The quantitative estimate of drug-likeness (QED) is 0.861. The van der Waals surface area contributed by atoms with Gasteiger partial charge in [-0.25, -0.2) is 13.2 Å². The van der Waals surface area contributed by atoms with E-state index in [4.69, 9.17) is 5.73 Å². The summed E-state index contributed by atoms with van der Waals surface area (Å²) in [6, 6.07) is 8.95. The Hall–Kier alpha value is -1.46. The molecule has 100 valence electrons. The van der Waals surface area contributed by atoms with Crippen LogP contribution in [0.2, 0.25) is 0 Å². The molecule has 0 aliphatic rings. The van der Waals surface area contributed by atoms with Gasteiger partial charge < -0.3 is 5.73 Å². The lowest BCUT2D eigenvalue weighted by atomic mass is 10.1. The minimum Gasteiger partial charge on any atom is -0.323 e. The van der Waals surface area contributed by atoms with Crippen LogP contribution in [0.1, 0.15) is 11.6 Å². The topological polar surface area (TPSA) is 26.0 Å². The van der Waals surface area contributed by atoms with Crippen LogP contribution in [0.15, 0.2) is 47.4 Å². The van der Waals surface area contributed by atoms with E-state index in [0.717, 1.165) is 11.6 Å². The van der Waals surface area contributed by atoms with Gasteiger partial charge in [0.1, 0.15) is 17.5 Å². The van der Waals surface area contributed by atoms with Crippen molar-refractivity contribution >= 4 is 11.8 Å². The average molecular weight is 283 g/mol. The van der Waals surface area contributed by atoms with Crippen LogP contribution in [0, 0.1) is 17.5 Å². The second kappa shape index (κ2) is 6.12. The van der Waals surface area contributed by atoms with Gasteiger partial charge in [0, 0.05) is 22.8 Å². The van der Waals surface area contributed by atoms with Gasteiger partial charge in [0.25, 0.3) is 0 Å². The van der Waals surface area contributed by atoms with Crippen LogP contribution >= 0.6 is 11.8 Å². The molecule has 0 saturated carbocycles. The fraction of sp³-hybridized carbons (Fsp3) is 0.143. The fourth-order valence-corrected chi connectivity index (χ4v) is 2.49. The van der Waals surface area contributed by atoms with Crippen molar-refractivity contribution in [2.75, 3.05) is 5.75 Å². The van der Waals surface area contributed by atoms with Crippen LogP contribution in [0.4, 0.5) is 13.2 Å². The van der Waals surface area contributed by atoms with Crippen molar-refractivity contribution in [1.82, 2.24) is 0 Å². The van der Waals surface area contributed by atoms with Gasteiger partial charge in [-0.2, -0.15) is 0 Å². The van der Waals surface area contributed by atoms with Crippen molar-refractivity contribution in [1.29, 1.82) is 0 Å². The molecule has 0 heterocycles. The first-order valence-corrected chi connectivity index (χ1v) is 6.64. The zero-order valence-electron chi connectivity index (χ0n) is 9.95. The maximum Gasteiger partial charge on any atom is 0.139 e. The third-order valence-electron chi connectivity index (χ3n) is 2.61. The highest BCUT2D eigenvalue weighted by molar-refractivity contribution is 7.99. The Bertz CT molecular complexity index is 557. The van der Waals surface area contributed by atoms with E-state index in [1.165, 1.54) is 36.0 Å². The van der Waals surface area contributed by atoms with Crippen LogP contribution in [0.3, 0.4) is 0 Å². The van der Waals surface area contributed by atoms with Crippen LogP contribution in [0.5, 0.6) is 0 Å². The molecule has 1 unspecified atom stereocenters. The molecule has 5 heteroatoms. The Balaban J connectivity index is 2.00. The minimum atomic E-state index is -0.607. The normalized spacial score (nSPS) is 12.4. The van der Waals surface area contributed by atoms with Gasteiger partial charge in [-0.15, -0.1) is 11.8 Å². The van der Waals surface area contributed by atoms with E-state index in [0.29, 0.717) is 10.6 Å². The van der Waals surface area contributed by atoms with E-state index in [9.17, 15) is 13.2 Å². The largest absolute Gasteiger partial charge is 0.323 e. The Labute approximate surface area is 113 Å². The highest BCUT2D eigenvalue weighted by Crippen LogP contribution is 2.26. The van der Waals surface area contributed by atoms with Crippen LogP contribution in [-0.2, 0) is 0 Å². The van der Waals surface area contributed by atoms with Crippen molar-refractivity contribution in [2.45, 2.75) is 10.9 Å². The number of hydrogen-bond acceptors (Lipinski definition) is 2. The lowest BCUT2D eigenvalue weighted by molar-refractivity contribution is 0.565. The number of nitrogens with two attached hydrogens (primary N) is 1. The van der Waals surface area contributed by atoms with E-state index < -0.39 is 11.6 Å². The first-order chi connectivity index (χ1) is 9.06. The van der Waals surface area contributed by atoms with E-state index in [1.807, 2.05) is 0 Å². The predicted molar refractivity (Wildman–Crippen MR) is 70.4 cm³/mol. The maximum absolute atomic E-state index is 13.4. The smallest absolute Gasteiger partial charge is 0.139 e. The van der Waals surface area contributed by atoms with Gasteiger partial charge in [-0.05, 0) is 29.8 Å². The third kappa shape index (κ3) is 3.75. The summed E-state index contributed by atoms with van der Waals surface area (Å²) in [4.78, 5) is 0.346. The van der Waals surface area contributed by atoms with Crippen LogP contribution in [0.25, 0.3) is 0 Å². The van der Waals surface area contributed by atoms with E-state index in [2.05, 4.69) is 0 Å². The molecule has 0 saturated heterocycles. The summed E-state index contributed by atoms with van der Waals surface area (Å²) in [5.74, 6) is -1.11. The zero-order chi connectivity index (χ0) is 13.8. The Morgan fingerprint density at radius 3 is 2.21 bits per heavy atom. The SMILES string of the molecule is NC(CSc1ccc(F)cc1F)c1ccc(F)cc1. The lowest BCUT2D eigenvalue weighted by Crippen LogP contribution is -2.13. The maximum atomic E-state index is 13.4. The number of benzene rings is 2. The monoisotopic (exact) mass is 283 g/mol. The molecule has 0 aliphatic heterocycles. The zero-order valence-corrected chi connectivity index (χ0v) is 10.8. The number of thioether (sulfide) groups is 1. The van der Waals surface area contributed by atoms with Crippen molar-refractivity contribution in [3.8, 4) is 0 Å². The summed E-state index contributed by atoms with van der Waals surface area (Å²) in [5.41, 5.74) is 6.71. The van der Waals surface area contributed by atoms with Crippen molar-refractivity contribution in [2.24, 2.45) is 5.73 Å². The van der Waals surface area contributed by atoms with Gasteiger partial charge in [0.2, 0.25) is 0 Å². The standard InChI is InChI=1S/C14H12F3NS/c15-10-3-1-9(2-4-10)13(18)8-19-14-6-5-11(16)7-12(14)17/h1-7,13H,8,18H2. The van der Waals surface area contributed by atoms with Gasteiger partial charge in [-0.1, -0.05) is 12.1 Å². The molecule has 0 aromatic heterocycles. The third-order valence-corrected chi connectivity index (χ3v) is 3.78. The van der Waals surface area contributed by atoms with Gasteiger partial charge >= 0.3 is 0 Å². The molecule has 0 radical (unpaired) electrons. The molecule has 0 amide bonds. The number of halogens is 3. The minimum absolute atomic E-state index is 0.326. The van der Waals surface area contributed by atoms with E-state index >= 15 is 0 Å². The van der Waals surface area contributed by atoms with Gasteiger partial charge in [-0.3, -0.25) is 0 Å². The molecule has 19 heavy (non-hydrogen) atoms. The number of rotatable bonds is 4. The summed E-state index contributed by atoms with van der Waals surface area (Å²) in [5, 5.41) is 0. The molecular formula is C14H12F3NS. The van der Waals surface area contributed by atoms with Crippen molar-refractivity contribution in [3.05, 3.63) is 65.5 Å². The summed E-state index contributed by atoms with van der Waals surface area (Å²) in [6.45, 7) is 0. The molecule has 1 atom stereocenters. The van der Waals surface area contributed by atoms with E-state index in [-0.39, 0.29) is 11.9 Å². The van der Waals surface area contributed by atoms with Crippen LogP contribution < -0.4 is 5.73 Å². The summed E-state index contributed by atoms with van der Waals surface area (Å²) in [6.07, 6.45) is 0. The molecule has 0 aliphatic carbocycles. The Morgan fingerprint density at radius 1 is 0.947 bits per heavy atom. The predicted octanol–water partition coefficient (Wildman–Crippen LogP) is 3.90. The highest BCUT2D eigenvalue weighted by atomic mass is 32.2. The van der Waals surface area contributed by atoms with Crippen LogP contribution in [-0.4, -0.2) is 5.75 Å². The second-order valence-electron chi connectivity index (χ2n) is 4.04. The summed E-state index contributed by atoms with van der Waals surface area (Å²) >= 11 is 1.20. The molecule has 0 fully saturated rings. The molecule has 1 nitrogen and oxygen atoms in total. The Kier molecular flexibility index (Phi) is 4.50.